The van der Waals surface area contributed by atoms with Gasteiger partial charge in [-0.05, 0) is 26.4 Å². The smallest absolute Gasteiger partial charge is 0.381 e. The first-order valence-electron chi connectivity index (χ1n) is 7.56. The van der Waals surface area contributed by atoms with Crippen LogP contribution in [0.15, 0.2) is 4.99 Å². The van der Waals surface area contributed by atoms with Gasteiger partial charge in [-0.1, -0.05) is 0 Å². The monoisotopic (exact) mass is 452 g/mol. The van der Waals surface area contributed by atoms with E-state index in [0.717, 1.165) is 32.1 Å². The van der Waals surface area contributed by atoms with Gasteiger partial charge < -0.3 is 15.0 Å². The molecule has 0 saturated carbocycles. The van der Waals surface area contributed by atoms with Gasteiger partial charge in [0.05, 0.1) is 13.2 Å². The zero-order valence-corrected chi connectivity index (χ0v) is 16.4. The molecule has 23 heavy (non-hydrogen) atoms. The molecule has 1 atom stereocenters. The van der Waals surface area contributed by atoms with Crippen molar-refractivity contribution in [2.45, 2.75) is 19.0 Å². The fourth-order valence-electron chi connectivity index (χ4n) is 2.52. The number of rotatable bonds is 7. The van der Waals surface area contributed by atoms with E-state index in [1.807, 2.05) is 11.9 Å². The second-order valence-corrected chi connectivity index (χ2v) is 5.79. The third-order valence-corrected chi connectivity index (χ3v) is 3.58. The van der Waals surface area contributed by atoms with Crippen LogP contribution in [-0.2, 0) is 4.74 Å². The number of nitrogens with one attached hydrogen (secondary N) is 1. The van der Waals surface area contributed by atoms with Crippen molar-refractivity contribution in [3.63, 3.8) is 0 Å². The molecule has 1 saturated heterocycles. The molecule has 0 bridgehead atoms. The Hall–Kier alpha value is -0.290. The van der Waals surface area contributed by atoms with Crippen LogP contribution in [0, 0.1) is 5.92 Å². The number of alkyl halides is 3. The average molecular weight is 452 g/mol. The maximum atomic E-state index is 12.2. The van der Waals surface area contributed by atoms with Crippen molar-refractivity contribution in [2.24, 2.45) is 10.9 Å². The van der Waals surface area contributed by atoms with Crippen molar-refractivity contribution in [2.75, 3.05) is 60.5 Å². The van der Waals surface area contributed by atoms with Crippen LogP contribution in [0.1, 0.15) is 12.8 Å². The zero-order chi connectivity index (χ0) is 16.6. The van der Waals surface area contributed by atoms with E-state index in [0.29, 0.717) is 25.4 Å². The van der Waals surface area contributed by atoms with E-state index in [9.17, 15) is 13.2 Å². The first-order valence-corrected chi connectivity index (χ1v) is 7.56. The highest BCUT2D eigenvalue weighted by atomic mass is 127. The topological polar surface area (TPSA) is 40.1 Å². The lowest BCUT2D eigenvalue weighted by molar-refractivity contribution is -0.143. The molecule has 0 radical (unpaired) electrons. The summed E-state index contributed by atoms with van der Waals surface area (Å²) in [5.74, 6) is 1.28. The summed E-state index contributed by atoms with van der Waals surface area (Å²) in [6.07, 6.45) is -2.45. The molecule has 0 aliphatic carbocycles. The standard InChI is InChI=1S/C14H27F3N4O.HI/c1-18-13(21(3)9-12-5-8-22-10-12)19-6-4-7-20(2)11-14(15,16)17;/h12H,4-11H2,1-3H3,(H,18,19);1H. The molecule has 1 fully saturated rings. The van der Waals surface area contributed by atoms with E-state index in [1.54, 1.807) is 7.05 Å². The van der Waals surface area contributed by atoms with Crippen LogP contribution in [0.3, 0.4) is 0 Å². The van der Waals surface area contributed by atoms with Crippen LogP contribution in [-0.4, -0.2) is 82.5 Å². The van der Waals surface area contributed by atoms with E-state index < -0.39 is 12.7 Å². The first kappa shape index (κ1) is 22.7. The number of nitrogens with zero attached hydrogens (tertiary/aromatic N) is 3. The van der Waals surface area contributed by atoms with Crippen molar-refractivity contribution in [1.29, 1.82) is 0 Å². The third kappa shape index (κ3) is 10.2. The summed E-state index contributed by atoms with van der Waals surface area (Å²) >= 11 is 0. The number of ether oxygens (including phenoxy) is 1. The molecule has 5 nitrogen and oxygen atoms in total. The van der Waals surface area contributed by atoms with Crippen molar-refractivity contribution in [1.82, 2.24) is 15.1 Å². The third-order valence-electron chi connectivity index (χ3n) is 3.58. The second kappa shape index (κ2) is 11.3. The van der Waals surface area contributed by atoms with Gasteiger partial charge in [0, 0.05) is 39.7 Å². The van der Waals surface area contributed by atoms with Crippen molar-refractivity contribution >= 4 is 29.9 Å². The molecule has 138 valence electrons. The molecule has 1 aliphatic rings. The summed E-state index contributed by atoms with van der Waals surface area (Å²) in [6.45, 7) is 2.58. The van der Waals surface area contributed by atoms with Crippen LogP contribution >= 0.6 is 24.0 Å². The highest BCUT2D eigenvalue weighted by Crippen LogP contribution is 2.15. The van der Waals surface area contributed by atoms with Crippen molar-refractivity contribution in [3.8, 4) is 0 Å². The lowest BCUT2D eigenvalue weighted by atomic mass is 10.1. The number of halogens is 4. The summed E-state index contributed by atoms with van der Waals surface area (Å²) in [6, 6.07) is 0. The van der Waals surface area contributed by atoms with Gasteiger partial charge in [-0.3, -0.25) is 9.89 Å². The Kier molecular flexibility index (Phi) is 11.2. The van der Waals surface area contributed by atoms with Gasteiger partial charge >= 0.3 is 6.18 Å². The van der Waals surface area contributed by atoms with Crippen LogP contribution in [0.4, 0.5) is 13.2 Å². The number of hydrogen-bond acceptors (Lipinski definition) is 3. The molecule has 1 heterocycles. The van der Waals surface area contributed by atoms with Crippen LogP contribution in [0.2, 0.25) is 0 Å². The second-order valence-electron chi connectivity index (χ2n) is 5.79. The zero-order valence-electron chi connectivity index (χ0n) is 14.0. The number of hydrogen-bond donors (Lipinski definition) is 1. The fraction of sp³-hybridized carbons (Fsp3) is 0.929. The van der Waals surface area contributed by atoms with Crippen LogP contribution < -0.4 is 5.32 Å². The highest BCUT2D eigenvalue weighted by Gasteiger charge is 2.28. The Balaban J connectivity index is 0.00000484. The molecule has 0 aromatic heterocycles. The van der Waals surface area contributed by atoms with E-state index in [2.05, 4.69) is 10.3 Å². The predicted molar refractivity (Wildman–Crippen MR) is 96.5 cm³/mol. The van der Waals surface area contributed by atoms with Gasteiger partial charge in [0.2, 0.25) is 0 Å². The number of guanidine groups is 1. The maximum Gasteiger partial charge on any atom is 0.401 e. The van der Waals surface area contributed by atoms with E-state index in [1.165, 1.54) is 11.9 Å². The van der Waals surface area contributed by atoms with Gasteiger partial charge in [-0.15, -0.1) is 24.0 Å². The van der Waals surface area contributed by atoms with Gasteiger partial charge in [0.25, 0.3) is 0 Å². The Morgan fingerprint density at radius 3 is 2.57 bits per heavy atom. The summed E-state index contributed by atoms with van der Waals surface area (Å²) in [5.41, 5.74) is 0. The molecule has 9 heteroatoms. The predicted octanol–water partition coefficient (Wildman–Crippen LogP) is 2.03. The van der Waals surface area contributed by atoms with E-state index in [-0.39, 0.29) is 24.0 Å². The van der Waals surface area contributed by atoms with Gasteiger partial charge in [-0.25, -0.2) is 0 Å². The van der Waals surface area contributed by atoms with E-state index in [4.69, 9.17) is 4.74 Å². The van der Waals surface area contributed by atoms with Crippen molar-refractivity contribution < 1.29 is 17.9 Å². The molecular weight excluding hydrogens is 424 g/mol. The normalized spacial score (nSPS) is 18.9. The molecule has 0 amide bonds. The van der Waals surface area contributed by atoms with Crippen LogP contribution in [0.25, 0.3) is 0 Å². The highest BCUT2D eigenvalue weighted by molar-refractivity contribution is 14.0. The summed E-state index contributed by atoms with van der Waals surface area (Å²) in [5, 5.41) is 3.19. The first-order chi connectivity index (χ1) is 10.3. The quantitative estimate of drug-likeness (QED) is 0.278. The summed E-state index contributed by atoms with van der Waals surface area (Å²) in [7, 11) is 5.15. The molecule has 1 rings (SSSR count). The summed E-state index contributed by atoms with van der Waals surface area (Å²) < 4.78 is 42.0. The minimum absolute atomic E-state index is 0. The Bertz CT molecular complexity index is 349. The molecule has 0 aromatic carbocycles. The maximum absolute atomic E-state index is 12.2. The van der Waals surface area contributed by atoms with Gasteiger partial charge in [0.15, 0.2) is 5.96 Å². The minimum Gasteiger partial charge on any atom is -0.381 e. The Labute approximate surface area is 153 Å². The molecule has 0 spiro atoms. The SMILES string of the molecule is CN=C(NCCCN(C)CC(F)(F)F)N(C)CC1CCOC1.I. The van der Waals surface area contributed by atoms with Crippen LogP contribution in [0.5, 0.6) is 0 Å². The van der Waals surface area contributed by atoms with Crippen molar-refractivity contribution in [3.05, 3.63) is 0 Å². The molecule has 1 N–H and O–H groups in total. The molecule has 1 unspecified atom stereocenters. The largest absolute Gasteiger partial charge is 0.401 e. The Morgan fingerprint density at radius 2 is 2.04 bits per heavy atom. The Morgan fingerprint density at radius 1 is 1.35 bits per heavy atom. The van der Waals surface area contributed by atoms with E-state index >= 15 is 0 Å². The lowest BCUT2D eigenvalue weighted by Crippen LogP contribution is -2.42. The minimum atomic E-state index is -4.14. The molecule has 0 aromatic rings. The fourth-order valence-corrected chi connectivity index (χ4v) is 2.52. The summed E-state index contributed by atoms with van der Waals surface area (Å²) in [4.78, 5) is 7.53. The molecule has 1 aliphatic heterocycles. The average Bonchev–Trinajstić information content (AvgIpc) is 2.89. The number of aliphatic imine (C=N–C) groups is 1. The lowest BCUT2D eigenvalue weighted by Gasteiger charge is -2.25. The molecular formula is C14H28F3IN4O. The van der Waals surface area contributed by atoms with Gasteiger partial charge in [-0.2, -0.15) is 13.2 Å². The van der Waals surface area contributed by atoms with Gasteiger partial charge in [0.1, 0.15) is 0 Å².